The molecule has 7 heteroatoms. The van der Waals surface area contributed by atoms with E-state index in [-0.39, 0.29) is 22.6 Å². The first-order valence-electron chi connectivity index (χ1n) is 27.3. The third kappa shape index (κ3) is 11.4. The Morgan fingerprint density at radius 2 is 1.19 bits per heavy atom. The van der Waals surface area contributed by atoms with Crippen LogP contribution in [0, 0.1) is 36.0 Å². The molecule has 0 fully saturated rings. The van der Waals surface area contributed by atoms with Gasteiger partial charge in [0.15, 0.2) is 0 Å². The number of carbonyl (C=O) groups is 2. The molecule has 2 aromatic carbocycles. The van der Waals surface area contributed by atoms with E-state index in [0.29, 0.717) is 30.2 Å². The van der Waals surface area contributed by atoms with Gasteiger partial charge in [0.25, 0.3) is 11.8 Å². The number of rotatable bonds is 26. The number of unbranched alkanes of at least 4 members (excludes halogenated alkanes) is 6. The minimum atomic E-state index is -0.180. The summed E-state index contributed by atoms with van der Waals surface area (Å²) >= 11 is 5.69. The van der Waals surface area contributed by atoms with Gasteiger partial charge in [-0.25, -0.2) is 0 Å². The van der Waals surface area contributed by atoms with E-state index in [9.17, 15) is 4.79 Å². The van der Waals surface area contributed by atoms with Crippen LogP contribution in [-0.4, -0.2) is 34.7 Å². The predicted octanol–water partition coefficient (Wildman–Crippen LogP) is 17.6. The molecule has 0 aliphatic carbocycles. The van der Waals surface area contributed by atoms with E-state index in [1.807, 2.05) is 27.6 Å². The van der Waals surface area contributed by atoms with Gasteiger partial charge in [-0.1, -0.05) is 154 Å². The zero-order chi connectivity index (χ0) is 49.8. The number of aryl methyl sites for hydroxylation is 1. The van der Waals surface area contributed by atoms with Crippen LogP contribution >= 0.6 is 34.0 Å². The number of fused-ring (bicyclic) bond motifs is 3. The zero-order valence-electron chi connectivity index (χ0n) is 45.0. The number of hydrogen-bond acceptors (Lipinski definition) is 5. The van der Waals surface area contributed by atoms with E-state index in [1.54, 1.807) is 11.3 Å². The summed E-state index contributed by atoms with van der Waals surface area (Å²) in [5, 5.41) is 4.12. The van der Waals surface area contributed by atoms with Crippen LogP contribution in [-0.2, 0) is 5.41 Å². The lowest BCUT2D eigenvalue weighted by molar-refractivity contribution is 0.0794. The monoisotopic (exact) mass is 987 g/mol. The summed E-state index contributed by atoms with van der Waals surface area (Å²) in [6.07, 6.45) is 18.3. The number of hydrogen-bond donors (Lipinski definition) is 0. The van der Waals surface area contributed by atoms with Gasteiger partial charge in [0.05, 0.1) is 10.6 Å². The maximum Gasteiger partial charge on any atom is 0.259 e. The highest BCUT2D eigenvalue weighted by Gasteiger charge is 2.43. The molecule has 5 heterocycles. The molecule has 374 valence electrons. The molecule has 0 bridgehead atoms. The second-order valence-electron chi connectivity index (χ2n) is 22.9. The van der Waals surface area contributed by atoms with Gasteiger partial charge in [-0.2, -0.15) is 0 Å². The summed E-state index contributed by atoms with van der Waals surface area (Å²) in [5.74, 6) is 1.91. The van der Waals surface area contributed by atoms with Crippen molar-refractivity contribution in [3.8, 4) is 19.5 Å². The molecule has 3 atom stereocenters. The SMILES string of the molecule is CCCCCCCCC(C)CN1C(=O)c2cc3cc4c(cc3cc2=C1C(C)(CCCC(C)C)C(C)C)C(=O)N(CC(C)C)C=4c1ccc(-c2cc(C)c(-c3ccc(C(C)(CCC)CCCC)s3)s2)s1. The number of thiophene rings is 3. The van der Waals surface area contributed by atoms with Gasteiger partial charge in [-0.15, -0.1) is 34.0 Å². The third-order valence-corrected chi connectivity index (χ3v) is 19.9. The van der Waals surface area contributed by atoms with E-state index in [1.165, 1.54) is 113 Å². The highest BCUT2D eigenvalue weighted by Crippen LogP contribution is 2.48. The van der Waals surface area contributed by atoms with Crippen LogP contribution in [0.5, 0.6) is 0 Å². The topological polar surface area (TPSA) is 40.6 Å². The van der Waals surface area contributed by atoms with Crippen molar-refractivity contribution in [3.63, 3.8) is 0 Å². The Bertz CT molecular complexity index is 2710. The molecule has 2 aliphatic heterocycles. The molecule has 3 aromatic heterocycles. The molecule has 0 saturated carbocycles. The van der Waals surface area contributed by atoms with Gasteiger partial charge in [0.2, 0.25) is 0 Å². The maximum atomic E-state index is 15.0. The Labute approximate surface area is 429 Å². The molecule has 5 aromatic rings. The van der Waals surface area contributed by atoms with Crippen molar-refractivity contribution in [3.05, 3.63) is 91.5 Å². The van der Waals surface area contributed by atoms with Crippen molar-refractivity contribution in [2.45, 2.75) is 192 Å². The highest BCUT2D eigenvalue weighted by atomic mass is 32.1. The Kier molecular flexibility index (Phi) is 17.7. The Morgan fingerprint density at radius 1 is 0.551 bits per heavy atom. The van der Waals surface area contributed by atoms with Crippen molar-refractivity contribution >= 4 is 68.0 Å². The number of amides is 2. The van der Waals surface area contributed by atoms with Crippen LogP contribution in [0.1, 0.15) is 215 Å². The molecular formula is C62H86N2O2S3. The summed E-state index contributed by atoms with van der Waals surface area (Å²) in [6, 6.07) is 20.5. The van der Waals surface area contributed by atoms with Gasteiger partial charge in [0, 0.05) is 75.6 Å². The van der Waals surface area contributed by atoms with Crippen LogP contribution in [0.25, 0.3) is 41.7 Å². The first-order valence-corrected chi connectivity index (χ1v) is 29.7. The lowest BCUT2D eigenvalue weighted by atomic mass is 9.71. The molecule has 0 radical (unpaired) electrons. The van der Waals surface area contributed by atoms with E-state index < -0.39 is 0 Å². The molecule has 0 N–H and O–H groups in total. The van der Waals surface area contributed by atoms with Crippen LogP contribution < -0.4 is 10.4 Å². The smallest absolute Gasteiger partial charge is 0.259 e. The van der Waals surface area contributed by atoms with E-state index in [4.69, 9.17) is 0 Å². The third-order valence-electron chi connectivity index (χ3n) is 15.8. The summed E-state index contributed by atoms with van der Waals surface area (Å²) < 4.78 is 0. The Balaban J connectivity index is 1.29. The molecule has 2 amide bonds. The largest absolute Gasteiger partial charge is 0.311 e. The fraction of sp³-hybridized carbons (Fsp3) is 0.581. The summed E-state index contributed by atoms with van der Waals surface area (Å²) in [4.78, 5) is 41.9. The van der Waals surface area contributed by atoms with E-state index in [2.05, 4.69) is 150 Å². The average Bonchev–Trinajstić information content (AvgIpc) is 4.15. The average molecular weight is 988 g/mol. The summed E-state index contributed by atoms with van der Waals surface area (Å²) in [7, 11) is 0. The van der Waals surface area contributed by atoms with Crippen molar-refractivity contribution in [1.29, 1.82) is 0 Å². The zero-order valence-corrected chi connectivity index (χ0v) is 47.4. The Morgan fingerprint density at radius 3 is 1.86 bits per heavy atom. The van der Waals surface area contributed by atoms with E-state index >= 15 is 4.79 Å². The van der Waals surface area contributed by atoms with E-state index in [0.717, 1.165) is 68.7 Å². The molecule has 0 spiro atoms. The van der Waals surface area contributed by atoms with Gasteiger partial charge < -0.3 is 9.80 Å². The first kappa shape index (κ1) is 53.3. The Hall–Kier alpha value is -3.52. The minimum Gasteiger partial charge on any atom is -0.311 e. The quantitative estimate of drug-likeness (QED) is 0.0518. The second kappa shape index (κ2) is 22.9. The standard InChI is InChI=1S/C62H86N2O2S3/c1-14-17-19-20-21-22-25-43(10)39-64-58(62(13,42(8)9)32-23-24-40(4)5)48-35-46-36-49-47(34-45(46)37-50(48)60(64)66)56(63(59(49)65)38-41(6)7)52-27-26-51(67-52)54-33-44(11)57(69-54)53-28-29-55(68-53)61(12,30-16-3)31-18-15-2/h26-29,33-37,40-43H,14-25,30-32,38-39H2,1-13H3. The fourth-order valence-electron chi connectivity index (χ4n) is 11.4. The number of benzene rings is 2. The number of carbonyl (C=O) groups excluding carboxylic acids is 2. The highest BCUT2D eigenvalue weighted by molar-refractivity contribution is 7.26. The molecular weight excluding hydrogens is 901 g/mol. The predicted molar refractivity (Wildman–Crippen MR) is 302 cm³/mol. The van der Waals surface area contributed by atoms with Crippen LogP contribution in [0.4, 0.5) is 0 Å². The van der Waals surface area contributed by atoms with Crippen LogP contribution in [0.15, 0.2) is 54.6 Å². The molecule has 69 heavy (non-hydrogen) atoms. The first-order chi connectivity index (χ1) is 32.9. The molecule has 0 saturated heterocycles. The summed E-state index contributed by atoms with van der Waals surface area (Å²) in [6.45, 7) is 31.5. The minimum absolute atomic E-state index is 0.0777. The van der Waals surface area contributed by atoms with Crippen LogP contribution in [0.2, 0.25) is 0 Å². The fourth-order valence-corrected chi connectivity index (χ4v) is 15.1. The van der Waals surface area contributed by atoms with Crippen molar-refractivity contribution in [2.24, 2.45) is 29.1 Å². The van der Waals surface area contributed by atoms with Crippen LogP contribution in [0.3, 0.4) is 0 Å². The molecule has 7 rings (SSSR count). The van der Waals surface area contributed by atoms with Crippen molar-refractivity contribution in [1.82, 2.24) is 9.80 Å². The van der Waals surface area contributed by atoms with Gasteiger partial charge in [0.1, 0.15) is 0 Å². The summed E-state index contributed by atoms with van der Waals surface area (Å²) in [5.41, 5.74) is 5.17. The van der Waals surface area contributed by atoms with Gasteiger partial charge in [-0.3, -0.25) is 9.59 Å². The van der Waals surface area contributed by atoms with Crippen molar-refractivity contribution < 1.29 is 9.59 Å². The second-order valence-corrected chi connectivity index (χ2v) is 26.2. The van der Waals surface area contributed by atoms with Gasteiger partial charge in [-0.05, 0) is 127 Å². The molecule has 2 aliphatic rings. The normalized spacial score (nSPS) is 16.2. The van der Waals surface area contributed by atoms with Crippen molar-refractivity contribution in [2.75, 3.05) is 13.1 Å². The maximum absolute atomic E-state index is 15.0. The molecule has 3 unspecified atom stereocenters. The number of nitrogens with zero attached hydrogens (tertiary/aromatic N) is 2. The lowest BCUT2D eigenvalue weighted by Gasteiger charge is -2.40. The lowest BCUT2D eigenvalue weighted by Crippen LogP contribution is -2.39. The van der Waals surface area contributed by atoms with Gasteiger partial charge >= 0.3 is 0 Å². The molecule has 4 nitrogen and oxygen atoms in total.